The van der Waals surface area contributed by atoms with Crippen LogP contribution in [-0.2, 0) is 4.79 Å². The first-order valence-electron chi connectivity index (χ1n) is 7.86. The normalized spacial score (nSPS) is 29.8. The second-order valence-electron chi connectivity index (χ2n) is 6.82. The number of nitrogens with zero attached hydrogens (tertiary/aromatic N) is 1. The first-order valence-corrected chi connectivity index (χ1v) is 7.86. The summed E-state index contributed by atoms with van der Waals surface area (Å²) in [6.07, 6.45) is 6.80. The van der Waals surface area contributed by atoms with Gasteiger partial charge in [0.1, 0.15) is 0 Å². The van der Waals surface area contributed by atoms with Crippen LogP contribution in [0.4, 0.5) is 0 Å². The van der Waals surface area contributed by atoms with E-state index in [4.69, 9.17) is 5.26 Å². The zero-order valence-electron chi connectivity index (χ0n) is 12.9. The minimum absolute atomic E-state index is 0.200. The molecule has 20 heavy (non-hydrogen) atoms. The Bertz CT molecular complexity index is 429. The molecule has 2 aliphatic rings. The Hall–Kier alpha value is -1.30. The molecule has 3 atom stereocenters. The first kappa shape index (κ1) is 15.1. The summed E-state index contributed by atoms with van der Waals surface area (Å²) >= 11 is 0. The highest BCUT2D eigenvalue weighted by Crippen LogP contribution is 2.40. The van der Waals surface area contributed by atoms with Crippen molar-refractivity contribution in [1.82, 2.24) is 5.32 Å². The first-order chi connectivity index (χ1) is 9.51. The van der Waals surface area contributed by atoms with Gasteiger partial charge in [0.2, 0.25) is 5.91 Å². The van der Waals surface area contributed by atoms with Gasteiger partial charge < -0.3 is 5.32 Å². The highest BCUT2D eigenvalue weighted by Gasteiger charge is 2.33. The van der Waals surface area contributed by atoms with E-state index in [1.807, 2.05) is 0 Å². The van der Waals surface area contributed by atoms with E-state index >= 15 is 0 Å². The topological polar surface area (TPSA) is 52.9 Å². The number of rotatable bonds is 5. The Morgan fingerprint density at radius 2 is 2.20 bits per heavy atom. The van der Waals surface area contributed by atoms with Crippen molar-refractivity contribution >= 4 is 5.91 Å². The zero-order valence-corrected chi connectivity index (χ0v) is 12.9. The number of hydrogen-bond acceptors (Lipinski definition) is 2. The van der Waals surface area contributed by atoms with Crippen LogP contribution >= 0.6 is 0 Å². The zero-order chi connectivity index (χ0) is 14.7. The van der Waals surface area contributed by atoms with Crippen molar-refractivity contribution in [3.8, 4) is 6.07 Å². The maximum atomic E-state index is 12.0. The molecular weight excluding hydrogens is 248 g/mol. The Morgan fingerprint density at radius 1 is 1.50 bits per heavy atom. The van der Waals surface area contributed by atoms with Gasteiger partial charge in [-0.25, -0.2) is 0 Å². The summed E-state index contributed by atoms with van der Waals surface area (Å²) in [6.45, 7) is 6.58. The Morgan fingerprint density at radius 3 is 2.75 bits per heavy atom. The van der Waals surface area contributed by atoms with Crippen LogP contribution in [0.2, 0.25) is 0 Å². The van der Waals surface area contributed by atoms with Gasteiger partial charge >= 0.3 is 0 Å². The fourth-order valence-corrected chi connectivity index (χ4v) is 3.35. The second-order valence-corrected chi connectivity index (χ2v) is 6.82. The van der Waals surface area contributed by atoms with Gasteiger partial charge in [0.25, 0.3) is 0 Å². The second kappa shape index (κ2) is 6.43. The predicted octanol–water partition coefficient (Wildman–Crippen LogP) is 3.42. The lowest BCUT2D eigenvalue weighted by molar-refractivity contribution is -0.122. The monoisotopic (exact) mass is 274 g/mol. The van der Waals surface area contributed by atoms with Crippen LogP contribution in [0.25, 0.3) is 0 Å². The van der Waals surface area contributed by atoms with E-state index < -0.39 is 0 Å². The van der Waals surface area contributed by atoms with Gasteiger partial charge in [-0.3, -0.25) is 4.79 Å². The smallest absolute Gasteiger partial charge is 0.220 e. The minimum atomic E-state index is 0.200. The summed E-state index contributed by atoms with van der Waals surface area (Å²) in [7, 11) is 0. The standard InChI is InChI=1S/C17H26N2O/c1-11(2)16-9-14(10-17(20)19-15-4-5-15)12(3)8-13(16)6-7-18/h8,11,13-16H,4-6,9-10H2,1-3H3,(H,19,20)/t13-,14+,16+/m1/s1. The maximum absolute atomic E-state index is 12.0. The molecule has 110 valence electrons. The van der Waals surface area contributed by atoms with Gasteiger partial charge in [-0.05, 0) is 49.9 Å². The Balaban J connectivity index is 2.00. The van der Waals surface area contributed by atoms with Crippen LogP contribution < -0.4 is 5.32 Å². The van der Waals surface area contributed by atoms with E-state index in [1.165, 1.54) is 5.57 Å². The van der Waals surface area contributed by atoms with Crippen LogP contribution in [0.1, 0.15) is 52.9 Å². The summed E-state index contributed by atoms with van der Waals surface area (Å²) in [5, 5.41) is 12.1. The molecule has 0 aliphatic heterocycles. The van der Waals surface area contributed by atoms with Gasteiger partial charge in [0, 0.05) is 18.9 Å². The van der Waals surface area contributed by atoms with Crippen molar-refractivity contribution in [2.45, 2.75) is 58.9 Å². The number of nitriles is 1. The SMILES string of the molecule is CC1=C[C@@H](CC#N)[C@H](C(C)C)C[C@H]1CC(=O)NC1CC1. The van der Waals surface area contributed by atoms with Crippen LogP contribution in [0, 0.1) is 35.0 Å². The molecule has 2 aliphatic carbocycles. The molecule has 1 amide bonds. The molecule has 0 radical (unpaired) electrons. The van der Waals surface area contributed by atoms with Gasteiger partial charge in [0.15, 0.2) is 0 Å². The van der Waals surface area contributed by atoms with Crippen LogP contribution in [0.5, 0.6) is 0 Å². The lowest BCUT2D eigenvalue weighted by Crippen LogP contribution is -2.32. The molecule has 0 unspecified atom stereocenters. The fraction of sp³-hybridized carbons (Fsp3) is 0.765. The van der Waals surface area contributed by atoms with E-state index in [0.29, 0.717) is 42.6 Å². The van der Waals surface area contributed by atoms with E-state index in [0.717, 1.165) is 19.3 Å². The lowest BCUT2D eigenvalue weighted by Gasteiger charge is -2.36. The number of hydrogen-bond donors (Lipinski definition) is 1. The van der Waals surface area contributed by atoms with Crippen molar-refractivity contribution in [2.24, 2.45) is 23.7 Å². The van der Waals surface area contributed by atoms with E-state index in [-0.39, 0.29) is 5.91 Å². The van der Waals surface area contributed by atoms with Crippen molar-refractivity contribution in [3.05, 3.63) is 11.6 Å². The average Bonchev–Trinajstić information content (AvgIpc) is 3.16. The molecule has 0 aromatic heterocycles. The lowest BCUT2D eigenvalue weighted by atomic mass is 9.69. The molecule has 3 nitrogen and oxygen atoms in total. The molecule has 0 heterocycles. The summed E-state index contributed by atoms with van der Waals surface area (Å²) in [4.78, 5) is 12.0. The minimum Gasteiger partial charge on any atom is -0.353 e. The van der Waals surface area contributed by atoms with Crippen molar-refractivity contribution in [2.75, 3.05) is 0 Å². The molecule has 3 heteroatoms. The number of allylic oxidation sites excluding steroid dienone is 2. The predicted molar refractivity (Wildman–Crippen MR) is 79.7 cm³/mol. The van der Waals surface area contributed by atoms with Gasteiger partial charge in [-0.1, -0.05) is 25.5 Å². The van der Waals surface area contributed by atoms with Crippen molar-refractivity contribution in [3.63, 3.8) is 0 Å². The summed E-state index contributed by atoms with van der Waals surface area (Å²) < 4.78 is 0. The maximum Gasteiger partial charge on any atom is 0.220 e. The average molecular weight is 274 g/mol. The van der Waals surface area contributed by atoms with E-state index in [1.54, 1.807) is 0 Å². The molecule has 0 spiro atoms. The number of carbonyl (C=O) groups excluding carboxylic acids is 1. The van der Waals surface area contributed by atoms with Gasteiger partial charge in [0.05, 0.1) is 6.07 Å². The van der Waals surface area contributed by atoms with Crippen LogP contribution in [0.15, 0.2) is 11.6 Å². The number of amides is 1. The third-order valence-corrected chi connectivity index (χ3v) is 4.79. The molecule has 0 bridgehead atoms. The summed E-state index contributed by atoms with van der Waals surface area (Å²) in [6, 6.07) is 2.76. The molecule has 0 saturated heterocycles. The van der Waals surface area contributed by atoms with Crippen LogP contribution in [-0.4, -0.2) is 11.9 Å². The van der Waals surface area contributed by atoms with E-state index in [2.05, 4.69) is 38.2 Å². The number of carbonyl (C=O) groups is 1. The summed E-state index contributed by atoms with van der Waals surface area (Å²) in [5.41, 5.74) is 1.30. The largest absolute Gasteiger partial charge is 0.353 e. The highest BCUT2D eigenvalue weighted by molar-refractivity contribution is 5.77. The van der Waals surface area contributed by atoms with Gasteiger partial charge in [-0.2, -0.15) is 5.26 Å². The van der Waals surface area contributed by atoms with Gasteiger partial charge in [-0.15, -0.1) is 0 Å². The molecular formula is C17H26N2O. The fourth-order valence-electron chi connectivity index (χ4n) is 3.35. The third-order valence-electron chi connectivity index (χ3n) is 4.79. The third kappa shape index (κ3) is 3.85. The molecule has 1 N–H and O–H groups in total. The van der Waals surface area contributed by atoms with Crippen molar-refractivity contribution < 1.29 is 4.79 Å². The number of nitrogens with one attached hydrogen (secondary N) is 1. The van der Waals surface area contributed by atoms with E-state index in [9.17, 15) is 4.79 Å². The molecule has 2 rings (SSSR count). The Kier molecular flexibility index (Phi) is 4.86. The quantitative estimate of drug-likeness (QED) is 0.781. The Labute approximate surface area is 122 Å². The van der Waals surface area contributed by atoms with Crippen LogP contribution in [0.3, 0.4) is 0 Å². The highest BCUT2D eigenvalue weighted by atomic mass is 16.1. The molecule has 0 aromatic carbocycles. The molecule has 1 fully saturated rings. The summed E-state index contributed by atoms with van der Waals surface area (Å²) in [5.74, 6) is 2.01. The van der Waals surface area contributed by atoms with Crippen molar-refractivity contribution in [1.29, 1.82) is 5.26 Å². The molecule has 0 aromatic rings. The molecule has 1 saturated carbocycles.